The highest BCUT2D eigenvalue weighted by molar-refractivity contribution is 6.19. The fourth-order valence-corrected chi connectivity index (χ4v) is 4.39. The second-order valence-corrected chi connectivity index (χ2v) is 7.31. The Morgan fingerprint density at radius 3 is 2.44 bits per heavy atom. The van der Waals surface area contributed by atoms with Crippen molar-refractivity contribution >= 4 is 23.2 Å². The number of benzene rings is 2. The average Bonchev–Trinajstić information content (AvgIpc) is 3.07. The number of para-hydroxylation sites is 2. The van der Waals surface area contributed by atoms with Crippen LogP contribution >= 0.6 is 0 Å². The number of amides is 2. The molecule has 6 nitrogen and oxygen atoms in total. The van der Waals surface area contributed by atoms with Gasteiger partial charge in [-0.2, -0.15) is 0 Å². The van der Waals surface area contributed by atoms with E-state index in [0.717, 1.165) is 43.3 Å². The summed E-state index contributed by atoms with van der Waals surface area (Å²) in [6.07, 6.45) is -0.0220. The van der Waals surface area contributed by atoms with Gasteiger partial charge < -0.3 is 10.2 Å². The van der Waals surface area contributed by atoms with Crippen LogP contribution in [0.3, 0.4) is 0 Å². The van der Waals surface area contributed by atoms with Crippen LogP contribution in [0.25, 0.3) is 0 Å². The first-order valence-corrected chi connectivity index (χ1v) is 9.54. The van der Waals surface area contributed by atoms with Crippen LogP contribution in [0.15, 0.2) is 59.6 Å². The molecule has 1 N–H and O–H groups in total. The maximum absolute atomic E-state index is 12.8. The molecule has 2 unspecified atom stereocenters. The maximum Gasteiger partial charge on any atom is 0.328 e. The number of urea groups is 1. The van der Waals surface area contributed by atoms with E-state index in [9.17, 15) is 4.79 Å². The highest BCUT2D eigenvalue weighted by atomic mass is 16.2. The lowest BCUT2D eigenvalue weighted by atomic mass is 10.1. The molecule has 138 valence electrons. The smallest absolute Gasteiger partial charge is 0.328 e. The normalized spacial score (nSPS) is 24.9. The molecule has 2 atom stereocenters. The summed E-state index contributed by atoms with van der Waals surface area (Å²) in [7, 11) is 0. The number of hydrogen-bond acceptors (Lipinski definition) is 4. The monoisotopic (exact) mass is 361 g/mol. The number of aliphatic imine (C=N–C) groups is 1. The Bertz CT molecular complexity index is 888. The highest BCUT2D eigenvalue weighted by Gasteiger charge is 2.45. The number of carbonyl (C=O) groups is 1. The molecule has 1 saturated heterocycles. The van der Waals surface area contributed by atoms with Crippen molar-refractivity contribution in [2.75, 3.05) is 36.4 Å². The Kier molecular flexibility index (Phi) is 3.86. The Hall–Kier alpha value is -2.86. The van der Waals surface area contributed by atoms with E-state index in [1.807, 2.05) is 35.2 Å². The molecule has 3 heterocycles. The predicted molar refractivity (Wildman–Crippen MR) is 107 cm³/mol. The second kappa shape index (κ2) is 6.39. The summed E-state index contributed by atoms with van der Waals surface area (Å²) in [5.74, 6) is 0.803. The topological polar surface area (TPSA) is 51.2 Å². The van der Waals surface area contributed by atoms with Crippen LogP contribution in [-0.2, 0) is 0 Å². The molecule has 0 spiro atoms. The third-order valence-corrected chi connectivity index (χ3v) is 5.69. The van der Waals surface area contributed by atoms with Gasteiger partial charge in [0, 0.05) is 37.4 Å². The third-order valence-electron chi connectivity index (χ3n) is 5.69. The molecule has 5 rings (SSSR count). The Morgan fingerprint density at radius 2 is 1.67 bits per heavy atom. The number of nitrogens with one attached hydrogen (secondary N) is 1. The van der Waals surface area contributed by atoms with Gasteiger partial charge in [0.1, 0.15) is 12.0 Å². The van der Waals surface area contributed by atoms with E-state index in [2.05, 4.69) is 46.3 Å². The van der Waals surface area contributed by atoms with E-state index >= 15 is 0 Å². The highest BCUT2D eigenvalue weighted by Crippen LogP contribution is 2.32. The maximum atomic E-state index is 12.8. The lowest BCUT2D eigenvalue weighted by Crippen LogP contribution is -2.60. The number of hydrogen-bond donors (Lipinski definition) is 1. The minimum atomic E-state index is -0.0766. The zero-order valence-corrected chi connectivity index (χ0v) is 15.4. The molecule has 2 amide bonds. The van der Waals surface area contributed by atoms with Crippen molar-refractivity contribution in [3.63, 3.8) is 0 Å². The Labute approximate surface area is 159 Å². The number of fused-ring (bicyclic) bond motifs is 3. The SMILES string of the molecule is CC1N=C2c3ccccc3NC(=O)N2C1N1CCN(c2ccccc2)CC1. The van der Waals surface area contributed by atoms with Gasteiger partial charge >= 0.3 is 6.03 Å². The van der Waals surface area contributed by atoms with Crippen LogP contribution < -0.4 is 10.2 Å². The molecule has 0 aromatic heterocycles. The predicted octanol–water partition coefficient (Wildman–Crippen LogP) is 2.83. The summed E-state index contributed by atoms with van der Waals surface area (Å²) in [6, 6.07) is 18.4. The number of anilines is 2. The molecule has 1 fully saturated rings. The number of carbonyl (C=O) groups excluding carboxylic acids is 1. The van der Waals surface area contributed by atoms with Gasteiger partial charge in [0.05, 0.1) is 11.7 Å². The van der Waals surface area contributed by atoms with Crippen LogP contribution in [0.1, 0.15) is 12.5 Å². The van der Waals surface area contributed by atoms with Crippen molar-refractivity contribution in [3.8, 4) is 0 Å². The summed E-state index contributed by atoms with van der Waals surface area (Å²) in [4.78, 5) is 24.3. The summed E-state index contributed by atoms with van der Waals surface area (Å²) >= 11 is 0. The summed E-state index contributed by atoms with van der Waals surface area (Å²) < 4.78 is 0. The minimum Gasteiger partial charge on any atom is -0.369 e. The number of amidine groups is 1. The molecule has 27 heavy (non-hydrogen) atoms. The zero-order valence-electron chi connectivity index (χ0n) is 15.4. The third kappa shape index (κ3) is 2.68. The van der Waals surface area contributed by atoms with Gasteiger partial charge in [0.15, 0.2) is 0 Å². The van der Waals surface area contributed by atoms with Crippen LogP contribution in [-0.4, -0.2) is 60.1 Å². The Balaban J connectivity index is 1.36. The first-order valence-electron chi connectivity index (χ1n) is 9.54. The average molecular weight is 361 g/mol. The fourth-order valence-electron chi connectivity index (χ4n) is 4.39. The largest absolute Gasteiger partial charge is 0.369 e. The van der Waals surface area contributed by atoms with Gasteiger partial charge in [-0.15, -0.1) is 0 Å². The molecule has 3 aliphatic heterocycles. The summed E-state index contributed by atoms with van der Waals surface area (Å²) in [6.45, 7) is 5.84. The van der Waals surface area contributed by atoms with Crippen molar-refractivity contribution in [3.05, 3.63) is 60.2 Å². The quantitative estimate of drug-likeness (QED) is 0.895. The standard InChI is InChI=1S/C21H23N5O/c1-15-20(25-13-11-24(12-14-25)16-7-3-2-4-8-16)26-19(22-15)17-9-5-6-10-18(17)23-21(26)27/h2-10,15,20H,11-14H2,1H3,(H,23,27). The van der Waals surface area contributed by atoms with Crippen molar-refractivity contribution in [1.29, 1.82) is 0 Å². The van der Waals surface area contributed by atoms with E-state index in [4.69, 9.17) is 4.99 Å². The van der Waals surface area contributed by atoms with Crippen LogP contribution in [0.2, 0.25) is 0 Å². The van der Waals surface area contributed by atoms with E-state index in [1.54, 1.807) is 0 Å². The molecule has 6 heteroatoms. The fraction of sp³-hybridized carbons (Fsp3) is 0.333. The van der Waals surface area contributed by atoms with E-state index in [0.29, 0.717) is 0 Å². The van der Waals surface area contributed by atoms with Crippen molar-refractivity contribution < 1.29 is 4.79 Å². The molecule has 3 aliphatic rings. The van der Waals surface area contributed by atoms with Gasteiger partial charge in [-0.1, -0.05) is 30.3 Å². The molecule has 0 radical (unpaired) electrons. The van der Waals surface area contributed by atoms with E-state index < -0.39 is 0 Å². The summed E-state index contributed by atoms with van der Waals surface area (Å²) in [5, 5.41) is 3.02. The van der Waals surface area contributed by atoms with Crippen LogP contribution in [0.5, 0.6) is 0 Å². The first kappa shape index (κ1) is 16.3. The lowest BCUT2D eigenvalue weighted by Gasteiger charge is -2.43. The number of rotatable bonds is 2. The molecule has 0 bridgehead atoms. The van der Waals surface area contributed by atoms with Gasteiger partial charge in [-0.3, -0.25) is 14.8 Å². The molecular weight excluding hydrogens is 338 g/mol. The first-order chi connectivity index (χ1) is 13.2. The Morgan fingerprint density at radius 1 is 0.963 bits per heavy atom. The molecular formula is C21H23N5O. The number of nitrogens with zero attached hydrogens (tertiary/aromatic N) is 4. The van der Waals surface area contributed by atoms with Crippen molar-refractivity contribution in [2.24, 2.45) is 4.99 Å². The molecule has 0 aliphatic carbocycles. The van der Waals surface area contributed by atoms with E-state index in [1.165, 1.54) is 5.69 Å². The van der Waals surface area contributed by atoms with Crippen molar-refractivity contribution in [2.45, 2.75) is 19.1 Å². The molecule has 2 aromatic carbocycles. The van der Waals surface area contributed by atoms with Gasteiger partial charge in [0.2, 0.25) is 0 Å². The molecule has 2 aromatic rings. The van der Waals surface area contributed by atoms with Gasteiger partial charge in [0.25, 0.3) is 0 Å². The second-order valence-electron chi connectivity index (χ2n) is 7.31. The van der Waals surface area contributed by atoms with Gasteiger partial charge in [-0.25, -0.2) is 4.79 Å². The zero-order chi connectivity index (χ0) is 18.4. The van der Waals surface area contributed by atoms with E-state index in [-0.39, 0.29) is 18.2 Å². The van der Waals surface area contributed by atoms with Crippen molar-refractivity contribution in [1.82, 2.24) is 9.80 Å². The van der Waals surface area contributed by atoms with Crippen LogP contribution in [0.4, 0.5) is 16.2 Å². The molecule has 0 saturated carbocycles. The lowest BCUT2D eigenvalue weighted by molar-refractivity contribution is 0.0998. The minimum absolute atomic E-state index is 0.0220. The van der Waals surface area contributed by atoms with Crippen LogP contribution in [0, 0.1) is 0 Å². The summed E-state index contributed by atoms with van der Waals surface area (Å²) in [5.41, 5.74) is 3.12. The number of piperazine rings is 1. The van der Waals surface area contributed by atoms with Gasteiger partial charge in [-0.05, 0) is 31.2 Å².